The largest absolute Gasteiger partial charge is 0.303 e. The Labute approximate surface area is 98.1 Å². The monoisotopic (exact) mass is 234 g/mol. The van der Waals surface area contributed by atoms with Crippen molar-refractivity contribution in [3.05, 3.63) is 34.9 Å². The first-order valence-corrected chi connectivity index (χ1v) is 5.78. The minimum absolute atomic E-state index is 0.406. The van der Waals surface area contributed by atoms with Crippen LogP contribution in [-0.4, -0.2) is 15.7 Å². The summed E-state index contributed by atoms with van der Waals surface area (Å²) < 4.78 is 2.04. The molecular formula is C12H11ClN2O. The normalized spacial score (nSPS) is 15.6. The van der Waals surface area contributed by atoms with Gasteiger partial charge < -0.3 is 4.79 Å². The number of imidazole rings is 1. The Hall–Kier alpha value is -1.35. The second kappa shape index (κ2) is 3.59. The van der Waals surface area contributed by atoms with E-state index in [1.807, 2.05) is 22.6 Å². The molecule has 3 rings (SSSR count). The van der Waals surface area contributed by atoms with Crippen molar-refractivity contribution < 1.29 is 4.79 Å². The number of carbonyl (C=O) groups is 1. The van der Waals surface area contributed by atoms with Gasteiger partial charge >= 0.3 is 0 Å². The Morgan fingerprint density at radius 1 is 1.50 bits per heavy atom. The number of aromatic nitrogens is 2. The molecule has 1 aliphatic carbocycles. The summed E-state index contributed by atoms with van der Waals surface area (Å²) in [5.41, 5.74) is 1.87. The van der Waals surface area contributed by atoms with Gasteiger partial charge in [0.2, 0.25) is 0 Å². The summed E-state index contributed by atoms with van der Waals surface area (Å²) in [5.74, 6) is 1.53. The molecule has 0 aromatic carbocycles. The number of pyridine rings is 1. The minimum atomic E-state index is 0.406. The van der Waals surface area contributed by atoms with Gasteiger partial charge in [-0.25, -0.2) is 4.98 Å². The third kappa shape index (κ3) is 1.43. The van der Waals surface area contributed by atoms with Crippen LogP contribution in [0.5, 0.6) is 0 Å². The number of nitrogens with zero attached hydrogens (tertiary/aromatic N) is 2. The topological polar surface area (TPSA) is 34.4 Å². The first-order valence-electron chi connectivity index (χ1n) is 5.40. The van der Waals surface area contributed by atoms with Crippen LogP contribution in [0.15, 0.2) is 18.2 Å². The zero-order valence-corrected chi connectivity index (χ0v) is 9.44. The van der Waals surface area contributed by atoms with E-state index in [0.29, 0.717) is 17.5 Å². The number of aldehydes is 1. The summed E-state index contributed by atoms with van der Waals surface area (Å²) in [6.45, 7) is 0. The van der Waals surface area contributed by atoms with Crippen LogP contribution >= 0.6 is 11.6 Å². The second-order valence-corrected chi connectivity index (χ2v) is 4.50. The standard InChI is InChI=1S/C12H11ClN2O/c13-11-10-3-1-2-9(6-7-16)15(10)12(14-11)8-4-5-8/h1-3,7-8H,4-6H2. The van der Waals surface area contributed by atoms with Crippen molar-refractivity contribution in [2.75, 3.05) is 0 Å². The van der Waals surface area contributed by atoms with E-state index in [1.54, 1.807) is 0 Å². The molecule has 3 nitrogen and oxygen atoms in total. The van der Waals surface area contributed by atoms with Crippen molar-refractivity contribution in [1.82, 2.24) is 9.38 Å². The Morgan fingerprint density at radius 2 is 2.31 bits per heavy atom. The summed E-state index contributed by atoms with van der Waals surface area (Å²) in [6, 6.07) is 5.80. The Bertz CT molecular complexity index is 557. The van der Waals surface area contributed by atoms with E-state index in [1.165, 1.54) is 12.8 Å². The Kier molecular flexibility index (Phi) is 2.21. The fourth-order valence-corrected chi connectivity index (χ4v) is 2.29. The fourth-order valence-electron chi connectivity index (χ4n) is 2.05. The van der Waals surface area contributed by atoms with Gasteiger partial charge in [0.15, 0.2) is 5.15 Å². The Balaban J connectivity index is 2.29. The number of hydrogen-bond donors (Lipinski definition) is 0. The van der Waals surface area contributed by atoms with Crippen molar-refractivity contribution in [3.63, 3.8) is 0 Å². The van der Waals surface area contributed by atoms with Crippen molar-refractivity contribution in [1.29, 1.82) is 0 Å². The molecular weight excluding hydrogens is 224 g/mol. The molecule has 0 aliphatic heterocycles. The van der Waals surface area contributed by atoms with E-state index in [4.69, 9.17) is 11.6 Å². The lowest BCUT2D eigenvalue weighted by Gasteiger charge is -2.05. The molecule has 2 aromatic rings. The maximum atomic E-state index is 10.7. The number of rotatable bonds is 3. The molecule has 82 valence electrons. The number of hydrogen-bond acceptors (Lipinski definition) is 2. The van der Waals surface area contributed by atoms with E-state index in [-0.39, 0.29) is 0 Å². The summed E-state index contributed by atoms with van der Waals surface area (Å²) in [5, 5.41) is 0.537. The van der Waals surface area contributed by atoms with E-state index in [9.17, 15) is 4.79 Å². The molecule has 0 bridgehead atoms. The Morgan fingerprint density at radius 3 is 3.00 bits per heavy atom. The van der Waals surface area contributed by atoms with Gasteiger partial charge in [0.25, 0.3) is 0 Å². The third-order valence-corrected chi connectivity index (χ3v) is 3.24. The van der Waals surface area contributed by atoms with Gasteiger partial charge in [0.05, 0.1) is 5.52 Å². The molecule has 0 atom stereocenters. The predicted molar refractivity (Wildman–Crippen MR) is 61.9 cm³/mol. The highest BCUT2D eigenvalue weighted by atomic mass is 35.5. The van der Waals surface area contributed by atoms with Gasteiger partial charge in [-0.15, -0.1) is 0 Å². The van der Waals surface area contributed by atoms with Gasteiger partial charge in [0.1, 0.15) is 12.1 Å². The molecule has 2 heterocycles. The smallest absolute Gasteiger partial charge is 0.155 e. The lowest BCUT2D eigenvalue weighted by atomic mass is 10.2. The van der Waals surface area contributed by atoms with Gasteiger partial charge in [-0.1, -0.05) is 17.7 Å². The maximum Gasteiger partial charge on any atom is 0.155 e. The van der Waals surface area contributed by atoms with Crippen LogP contribution in [0.3, 0.4) is 0 Å². The maximum absolute atomic E-state index is 10.7. The summed E-state index contributed by atoms with van der Waals surface area (Å²) in [6.07, 6.45) is 3.67. The fraction of sp³-hybridized carbons (Fsp3) is 0.333. The molecule has 0 amide bonds. The van der Waals surface area contributed by atoms with E-state index >= 15 is 0 Å². The van der Waals surface area contributed by atoms with Crippen molar-refractivity contribution in [2.24, 2.45) is 0 Å². The van der Waals surface area contributed by atoms with Crippen LogP contribution in [-0.2, 0) is 11.2 Å². The molecule has 0 unspecified atom stereocenters. The predicted octanol–water partition coefficient (Wildman–Crippen LogP) is 2.61. The zero-order valence-electron chi connectivity index (χ0n) is 8.69. The summed E-state index contributed by atoms with van der Waals surface area (Å²) >= 11 is 6.10. The third-order valence-electron chi connectivity index (χ3n) is 2.96. The highest BCUT2D eigenvalue weighted by molar-refractivity contribution is 6.32. The van der Waals surface area contributed by atoms with Crippen molar-refractivity contribution in [3.8, 4) is 0 Å². The first-order chi connectivity index (χ1) is 7.81. The van der Waals surface area contributed by atoms with E-state index < -0.39 is 0 Å². The molecule has 0 spiro atoms. The van der Waals surface area contributed by atoms with E-state index in [2.05, 4.69) is 4.98 Å². The number of halogens is 1. The average Bonchev–Trinajstić information content (AvgIpc) is 3.06. The molecule has 16 heavy (non-hydrogen) atoms. The highest BCUT2D eigenvalue weighted by Gasteiger charge is 2.29. The zero-order chi connectivity index (χ0) is 11.1. The molecule has 1 fully saturated rings. The van der Waals surface area contributed by atoms with Crippen molar-refractivity contribution in [2.45, 2.75) is 25.2 Å². The first kappa shape index (κ1) is 9.85. The average molecular weight is 235 g/mol. The highest BCUT2D eigenvalue weighted by Crippen LogP contribution is 2.41. The molecule has 4 heteroatoms. The SMILES string of the molecule is O=CCc1cccc2c(Cl)nc(C3CC3)n12. The summed E-state index contributed by atoms with van der Waals surface area (Å²) in [7, 11) is 0. The minimum Gasteiger partial charge on any atom is -0.303 e. The second-order valence-electron chi connectivity index (χ2n) is 4.14. The van der Waals surface area contributed by atoms with Crippen LogP contribution in [0.1, 0.15) is 30.3 Å². The number of carbonyl (C=O) groups excluding carboxylic acids is 1. The molecule has 0 saturated heterocycles. The molecule has 0 radical (unpaired) electrons. The van der Waals surface area contributed by atoms with Crippen LogP contribution in [0.2, 0.25) is 5.15 Å². The summed E-state index contributed by atoms with van der Waals surface area (Å²) in [4.78, 5) is 15.1. The van der Waals surface area contributed by atoms with Crippen LogP contribution in [0, 0.1) is 0 Å². The van der Waals surface area contributed by atoms with Crippen LogP contribution < -0.4 is 0 Å². The van der Waals surface area contributed by atoms with Crippen molar-refractivity contribution >= 4 is 23.4 Å². The van der Waals surface area contributed by atoms with E-state index in [0.717, 1.165) is 23.3 Å². The van der Waals surface area contributed by atoms with Crippen LogP contribution in [0.25, 0.3) is 5.52 Å². The lowest BCUT2D eigenvalue weighted by Crippen LogP contribution is -2.01. The van der Waals surface area contributed by atoms with Gasteiger partial charge in [-0.2, -0.15) is 0 Å². The van der Waals surface area contributed by atoms with Gasteiger partial charge in [0, 0.05) is 18.0 Å². The van der Waals surface area contributed by atoms with Gasteiger partial charge in [-0.3, -0.25) is 4.40 Å². The van der Waals surface area contributed by atoms with Gasteiger partial charge in [-0.05, 0) is 25.0 Å². The quantitative estimate of drug-likeness (QED) is 0.765. The van der Waals surface area contributed by atoms with Crippen LogP contribution in [0.4, 0.5) is 0 Å². The molecule has 1 saturated carbocycles. The molecule has 0 N–H and O–H groups in total. The molecule has 2 aromatic heterocycles. The number of fused-ring (bicyclic) bond motifs is 1. The molecule has 1 aliphatic rings. The lowest BCUT2D eigenvalue weighted by molar-refractivity contribution is -0.107.